The third-order valence-electron chi connectivity index (χ3n) is 5.83. The minimum Gasteiger partial charge on any atom is -0.444 e. The zero-order valence-electron chi connectivity index (χ0n) is 16.9. The molecule has 0 bridgehead atoms. The minimum atomic E-state index is -3.63. The maximum Gasteiger partial charge on any atom is 0.407 e. The van der Waals surface area contributed by atoms with E-state index in [4.69, 9.17) is 14.6 Å². The Morgan fingerprint density at radius 2 is 1.97 bits per heavy atom. The molecule has 1 aromatic heterocycles. The van der Waals surface area contributed by atoms with E-state index in [0.717, 1.165) is 18.4 Å². The molecule has 2 unspecified atom stereocenters. The maximum absolute atomic E-state index is 11.9. The van der Waals surface area contributed by atoms with Gasteiger partial charge < -0.3 is 20.1 Å². The number of piperidine rings is 1. The van der Waals surface area contributed by atoms with Crippen LogP contribution in [-0.4, -0.2) is 66.2 Å². The van der Waals surface area contributed by atoms with Crippen molar-refractivity contribution in [3.8, 4) is 0 Å². The second-order valence-corrected chi connectivity index (χ2v) is 10.0. The summed E-state index contributed by atoms with van der Waals surface area (Å²) in [6, 6.07) is 0.0844. The van der Waals surface area contributed by atoms with E-state index in [0.29, 0.717) is 44.9 Å². The number of hydrogen-bond donors (Lipinski definition) is 3. The maximum atomic E-state index is 11.9. The van der Waals surface area contributed by atoms with Crippen molar-refractivity contribution in [2.45, 2.75) is 62.8 Å². The highest BCUT2D eigenvalue weighted by Gasteiger charge is 2.40. The summed E-state index contributed by atoms with van der Waals surface area (Å²) in [5.74, 6) is 0.482. The lowest BCUT2D eigenvalue weighted by Crippen LogP contribution is -2.45. The fourth-order valence-electron chi connectivity index (χ4n) is 3.67. The summed E-state index contributed by atoms with van der Waals surface area (Å²) in [6.07, 6.45) is 6.29. The number of rotatable bonds is 6. The molecule has 1 amide bonds. The van der Waals surface area contributed by atoms with E-state index in [-0.39, 0.29) is 23.8 Å². The topological polar surface area (TPSA) is 149 Å². The highest BCUT2D eigenvalue weighted by atomic mass is 32.2. The lowest BCUT2D eigenvalue weighted by Gasteiger charge is -2.30. The average Bonchev–Trinajstić information content (AvgIpc) is 3.22. The minimum absolute atomic E-state index is 0.0844. The quantitative estimate of drug-likeness (QED) is 0.584. The van der Waals surface area contributed by atoms with E-state index in [1.165, 1.54) is 4.31 Å². The van der Waals surface area contributed by atoms with Crippen molar-refractivity contribution >= 4 is 22.3 Å². The van der Waals surface area contributed by atoms with Crippen molar-refractivity contribution < 1.29 is 22.7 Å². The van der Waals surface area contributed by atoms with Gasteiger partial charge in [-0.05, 0) is 32.6 Å². The van der Waals surface area contributed by atoms with Gasteiger partial charge in [-0.2, -0.15) is 12.7 Å². The molecular weight excluding hydrogens is 412 g/mol. The van der Waals surface area contributed by atoms with Crippen molar-refractivity contribution in [3.63, 3.8) is 0 Å². The van der Waals surface area contributed by atoms with Gasteiger partial charge in [-0.3, -0.25) is 0 Å². The molecule has 1 aromatic rings. The fraction of sp³-hybridized carbons (Fsp3) is 0.722. The molecule has 30 heavy (non-hydrogen) atoms. The molecule has 3 heterocycles. The fourth-order valence-corrected chi connectivity index (χ4v) is 4.39. The number of amides is 1. The number of hydrogen-bond acceptors (Lipinski definition) is 8. The standard InChI is InChI=1S/C18H28N6O5S/c1-18(4-5-18)23-17(25)29-14-8-15(28-11-14)12-9-20-16(21-10-12)22-13-2-6-24(7-3-13)30(19,26)27/h9-10,13-15H,2-8,11H2,1H3,(H,23,25)(H2,19,26,27)(H,20,21,22). The van der Waals surface area contributed by atoms with Gasteiger partial charge in [-0.15, -0.1) is 0 Å². The molecule has 1 aliphatic carbocycles. The lowest BCUT2D eigenvalue weighted by molar-refractivity contribution is 0.0683. The van der Waals surface area contributed by atoms with Crippen molar-refractivity contribution in [2.24, 2.45) is 5.14 Å². The first kappa shape index (κ1) is 21.2. The van der Waals surface area contributed by atoms with E-state index in [9.17, 15) is 13.2 Å². The lowest BCUT2D eigenvalue weighted by atomic mass is 10.1. The molecule has 3 fully saturated rings. The van der Waals surface area contributed by atoms with Gasteiger partial charge in [0.1, 0.15) is 6.10 Å². The van der Waals surface area contributed by atoms with Crippen LogP contribution < -0.4 is 15.8 Å². The molecule has 12 heteroatoms. The van der Waals surface area contributed by atoms with Crippen LogP contribution in [0.4, 0.5) is 10.7 Å². The molecule has 4 N–H and O–H groups in total. The second kappa shape index (κ2) is 8.25. The van der Waals surface area contributed by atoms with E-state index in [1.807, 2.05) is 6.92 Å². The molecular formula is C18H28N6O5S. The van der Waals surface area contributed by atoms with Gasteiger partial charge in [0.25, 0.3) is 10.2 Å². The zero-order chi connectivity index (χ0) is 21.4. The number of ether oxygens (including phenoxy) is 2. The van der Waals surface area contributed by atoms with Crippen LogP contribution in [0, 0.1) is 0 Å². The van der Waals surface area contributed by atoms with Crippen molar-refractivity contribution in [1.82, 2.24) is 19.6 Å². The van der Waals surface area contributed by atoms with Crippen LogP contribution in [-0.2, 0) is 19.7 Å². The number of carbonyl (C=O) groups is 1. The van der Waals surface area contributed by atoms with Gasteiger partial charge in [0.2, 0.25) is 5.95 Å². The summed E-state index contributed by atoms with van der Waals surface area (Å²) in [6.45, 7) is 3.09. The van der Waals surface area contributed by atoms with Gasteiger partial charge in [0.15, 0.2) is 0 Å². The average molecular weight is 441 g/mol. The monoisotopic (exact) mass is 440 g/mol. The first-order chi connectivity index (χ1) is 14.2. The molecule has 11 nitrogen and oxygen atoms in total. The van der Waals surface area contributed by atoms with E-state index >= 15 is 0 Å². The second-order valence-electron chi connectivity index (χ2n) is 8.47. The Morgan fingerprint density at radius 3 is 2.57 bits per heavy atom. The SMILES string of the molecule is CC1(NC(=O)OC2COC(c3cnc(NC4CCN(S(N)(=O)=O)CC4)nc3)C2)CC1. The number of nitrogens with one attached hydrogen (secondary N) is 2. The Labute approximate surface area is 175 Å². The van der Waals surface area contributed by atoms with Gasteiger partial charge in [-0.25, -0.2) is 19.9 Å². The third-order valence-corrected chi connectivity index (χ3v) is 6.91. The smallest absolute Gasteiger partial charge is 0.407 e. The molecule has 3 aliphatic rings. The Morgan fingerprint density at radius 1 is 1.30 bits per heavy atom. The first-order valence-corrected chi connectivity index (χ1v) is 11.7. The number of carbonyl (C=O) groups excluding carboxylic acids is 1. The molecule has 0 radical (unpaired) electrons. The molecule has 2 aliphatic heterocycles. The summed E-state index contributed by atoms with van der Waals surface area (Å²) in [4.78, 5) is 20.6. The number of alkyl carbamates (subject to hydrolysis) is 1. The number of anilines is 1. The van der Waals surface area contributed by atoms with Gasteiger partial charge in [0, 0.05) is 49.0 Å². The Balaban J connectivity index is 1.23. The molecule has 166 valence electrons. The van der Waals surface area contributed by atoms with Crippen LogP contribution in [0.15, 0.2) is 12.4 Å². The first-order valence-electron chi connectivity index (χ1n) is 10.2. The summed E-state index contributed by atoms with van der Waals surface area (Å²) < 4.78 is 35.2. The summed E-state index contributed by atoms with van der Waals surface area (Å²) >= 11 is 0. The summed E-state index contributed by atoms with van der Waals surface area (Å²) in [5, 5.41) is 11.3. The van der Waals surface area contributed by atoms with Crippen LogP contribution in [0.2, 0.25) is 0 Å². The summed E-state index contributed by atoms with van der Waals surface area (Å²) in [7, 11) is -3.63. The van der Waals surface area contributed by atoms with Crippen LogP contribution in [0.3, 0.4) is 0 Å². The highest BCUT2D eigenvalue weighted by Crippen LogP contribution is 2.35. The number of nitrogens with zero attached hydrogens (tertiary/aromatic N) is 3. The zero-order valence-corrected chi connectivity index (χ0v) is 17.7. The molecule has 2 atom stereocenters. The van der Waals surface area contributed by atoms with Gasteiger partial charge in [0.05, 0.1) is 12.7 Å². The van der Waals surface area contributed by atoms with Gasteiger partial charge >= 0.3 is 6.09 Å². The van der Waals surface area contributed by atoms with Crippen LogP contribution >= 0.6 is 0 Å². The van der Waals surface area contributed by atoms with Crippen molar-refractivity contribution in [1.29, 1.82) is 0 Å². The predicted octanol–water partition coefficient (Wildman–Crippen LogP) is 0.665. The van der Waals surface area contributed by atoms with E-state index < -0.39 is 16.3 Å². The number of nitrogens with two attached hydrogens (primary N) is 1. The van der Waals surface area contributed by atoms with Crippen molar-refractivity contribution in [3.05, 3.63) is 18.0 Å². The molecule has 0 spiro atoms. The Bertz CT molecular complexity index is 868. The molecule has 2 saturated heterocycles. The van der Waals surface area contributed by atoms with Gasteiger partial charge in [-0.1, -0.05) is 0 Å². The molecule has 0 aromatic carbocycles. The molecule has 4 rings (SSSR count). The van der Waals surface area contributed by atoms with Crippen LogP contribution in [0.25, 0.3) is 0 Å². The molecule has 1 saturated carbocycles. The Kier molecular flexibility index (Phi) is 5.84. The normalized spacial score (nSPS) is 26.9. The third kappa shape index (κ3) is 5.36. The van der Waals surface area contributed by atoms with E-state index in [1.54, 1.807) is 12.4 Å². The van der Waals surface area contributed by atoms with Crippen LogP contribution in [0.5, 0.6) is 0 Å². The van der Waals surface area contributed by atoms with Crippen LogP contribution in [0.1, 0.15) is 50.7 Å². The van der Waals surface area contributed by atoms with Crippen molar-refractivity contribution in [2.75, 3.05) is 25.0 Å². The van der Waals surface area contributed by atoms with E-state index in [2.05, 4.69) is 20.6 Å². The predicted molar refractivity (Wildman–Crippen MR) is 108 cm³/mol. The number of aromatic nitrogens is 2. The summed E-state index contributed by atoms with van der Waals surface area (Å²) in [5.41, 5.74) is 0.715. The Hall–Kier alpha value is -2.02. The largest absolute Gasteiger partial charge is 0.444 e. The highest BCUT2D eigenvalue weighted by molar-refractivity contribution is 7.86.